The first-order valence-electron chi connectivity index (χ1n) is 9.73. The summed E-state index contributed by atoms with van der Waals surface area (Å²) >= 11 is 0. The Balaban J connectivity index is 2.14. The van der Waals surface area contributed by atoms with E-state index in [0.717, 1.165) is 42.9 Å². The number of carbonyl (C=O) groups is 1. The fourth-order valence-electron chi connectivity index (χ4n) is 3.08. The lowest BCUT2D eigenvalue weighted by atomic mass is 10.0. The number of carbonyl (C=O) groups excluding carboxylic acids is 1. The molecule has 0 saturated carbocycles. The number of ketones is 1. The van der Waals surface area contributed by atoms with Gasteiger partial charge in [-0.1, -0.05) is 54.6 Å². The van der Waals surface area contributed by atoms with Gasteiger partial charge in [0.05, 0.1) is 0 Å². The van der Waals surface area contributed by atoms with Crippen LogP contribution in [0, 0.1) is 0 Å². The molecule has 0 spiro atoms. The first-order chi connectivity index (χ1) is 13.4. The molecule has 0 aliphatic heterocycles. The van der Waals surface area contributed by atoms with E-state index in [2.05, 4.69) is 62.1 Å². The van der Waals surface area contributed by atoms with Gasteiger partial charge >= 0.3 is 0 Å². The number of likely N-dealkylation sites (N-methyl/N-ethyl adjacent to an activating group) is 2. The van der Waals surface area contributed by atoms with Crippen molar-refractivity contribution >= 4 is 11.9 Å². The standard InChI is InChI=1S/C24H33N3O/c1-25(2)16-17-27(5)19-22-12-8-9-13-23(22)24(28)15-14-20-10-6-7-11-21(20)18-26(3)4/h6-15H,16-19H2,1-5H3. The van der Waals surface area contributed by atoms with E-state index in [-0.39, 0.29) is 5.78 Å². The summed E-state index contributed by atoms with van der Waals surface area (Å²) in [5.74, 6) is 0.0521. The lowest BCUT2D eigenvalue weighted by molar-refractivity contribution is 0.104. The molecule has 0 unspecified atom stereocenters. The van der Waals surface area contributed by atoms with E-state index in [1.54, 1.807) is 6.08 Å². The van der Waals surface area contributed by atoms with E-state index in [9.17, 15) is 4.79 Å². The van der Waals surface area contributed by atoms with Crippen molar-refractivity contribution in [2.75, 3.05) is 48.3 Å². The number of nitrogens with zero attached hydrogens (tertiary/aromatic N) is 3. The minimum Gasteiger partial charge on any atom is -0.308 e. The monoisotopic (exact) mass is 379 g/mol. The second kappa shape index (κ2) is 10.9. The Hall–Kier alpha value is -2.27. The summed E-state index contributed by atoms with van der Waals surface area (Å²) in [6, 6.07) is 16.1. The molecule has 0 heterocycles. The van der Waals surface area contributed by atoms with Crippen LogP contribution in [0.5, 0.6) is 0 Å². The highest BCUT2D eigenvalue weighted by Crippen LogP contribution is 2.16. The van der Waals surface area contributed by atoms with Crippen LogP contribution < -0.4 is 0 Å². The molecule has 2 aromatic carbocycles. The van der Waals surface area contributed by atoms with Gasteiger partial charge in [0, 0.05) is 31.7 Å². The molecule has 0 saturated heterocycles. The van der Waals surface area contributed by atoms with Gasteiger partial charge in [0.15, 0.2) is 5.78 Å². The molecule has 0 bridgehead atoms. The normalized spacial score (nSPS) is 11.9. The number of benzene rings is 2. The third kappa shape index (κ3) is 7.04. The summed E-state index contributed by atoms with van der Waals surface area (Å²) in [6.07, 6.45) is 3.64. The van der Waals surface area contributed by atoms with Crippen molar-refractivity contribution in [2.45, 2.75) is 13.1 Å². The summed E-state index contributed by atoms with van der Waals surface area (Å²) in [5, 5.41) is 0. The van der Waals surface area contributed by atoms with Gasteiger partial charge < -0.3 is 14.7 Å². The van der Waals surface area contributed by atoms with Crippen molar-refractivity contribution in [2.24, 2.45) is 0 Å². The maximum atomic E-state index is 12.9. The molecule has 150 valence electrons. The highest BCUT2D eigenvalue weighted by Gasteiger charge is 2.11. The highest BCUT2D eigenvalue weighted by molar-refractivity contribution is 6.07. The van der Waals surface area contributed by atoms with E-state index in [4.69, 9.17) is 0 Å². The molecule has 28 heavy (non-hydrogen) atoms. The molecule has 0 amide bonds. The average molecular weight is 380 g/mol. The largest absolute Gasteiger partial charge is 0.308 e. The topological polar surface area (TPSA) is 26.8 Å². The molecule has 0 aliphatic rings. The van der Waals surface area contributed by atoms with Crippen molar-refractivity contribution < 1.29 is 4.79 Å². The number of allylic oxidation sites excluding steroid dienone is 1. The summed E-state index contributed by atoms with van der Waals surface area (Å²) in [7, 11) is 10.3. The minimum absolute atomic E-state index is 0.0521. The van der Waals surface area contributed by atoms with Gasteiger partial charge in [-0.2, -0.15) is 0 Å². The van der Waals surface area contributed by atoms with Crippen LogP contribution in [-0.4, -0.2) is 68.8 Å². The average Bonchev–Trinajstić information content (AvgIpc) is 2.65. The smallest absolute Gasteiger partial charge is 0.186 e. The van der Waals surface area contributed by atoms with Gasteiger partial charge in [-0.3, -0.25) is 4.79 Å². The zero-order chi connectivity index (χ0) is 20.5. The molecule has 0 aliphatic carbocycles. The van der Waals surface area contributed by atoms with Crippen molar-refractivity contribution in [1.82, 2.24) is 14.7 Å². The summed E-state index contributed by atoms with van der Waals surface area (Å²) < 4.78 is 0. The maximum absolute atomic E-state index is 12.9. The molecule has 0 fully saturated rings. The van der Waals surface area contributed by atoms with Crippen molar-refractivity contribution in [1.29, 1.82) is 0 Å². The van der Waals surface area contributed by atoms with Gasteiger partial charge in [0.1, 0.15) is 0 Å². The predicted octanol–water partition coefficient (Wildman–Crippen LogP) is 3.64. The minimum atomic E-state index is 0.0521. The summed E-state index contributed by atoms with van der Waals surface area (Å²) in [5.41, 5.74) is 4.15. The first kappa shape index (κ1) is 22.0. The van der Waals surface area contributed by atoms with Crippen LogP contribution in [0.3, 0.4) is 0 Å². The molecule has 0 aromatic heterocycles. The van der Waals surface area contributed by atoms with Crippen molar-refractivity contribution in [3.8, 4) is 0 Å². The van der Waals surface area contributed by atoms with Gasteiger partial charge in [0.25, 0.3) is 0 Å². The van der Waals surface area contributed by atoms with Crippen molar-refractivity contribution in [3.05, 3.63) is 76.9 Å². The molecule has 0 N–H and O–H groups in total. The Bertz CT molecular complexity index is 796. The lowest BCUT2D eigenvalue weighted by Crippen LogP contribution is -2.28. The number of hydrogen-bond donors (Lipinski definition) is 0. The Morgan fingerprint density at radius 1 is 0.786 bits per heavy atom. The molecular weight excluding hydrogens is 346 g/mol. The second-order valence-electron chi connectivity index (χ2n) is 7.83. The molecule has 4 nitrogen and oxygen atoms in total. The van der Waals surface area contributed by atoms with E-state index in [0.29, 0.717) is 0 Å². The van der Waals surface area contributed by atoms with E-state index < -0.39 is 0 Å². The van der Waals surface area contributed by atoms with Gasteiger partial charge in [-0.25, -0.2) is 0 Å². The lowest BCUT2D eigenvalue weighted by Gasteiger charge is -2.20. The number of rotatable bonds is 10. The Morgan fingerprint density at radius 2 is 1.43 bits per heavy atom. The highest BCUT2D eigenvalue weighted by atomic mass is 16.1. The summed E-state index contributed by atoms with van der Waals surface area (Å²) in [6.45, 7) is 3.57. The second-order valence-corrected chi connectivity index (χ2v) is 7.83. The zero-order valence-corrected chi connectivity index (χ0v) is 17.9. The third-order valence-corrected chi connectivity index (χ3v) is 4.61. The SMILES string of the molecule is CN(C)CCN(C)Cc1ccccc1C(=O)C=Cc1ccccc1CN(C)C. The fraction of sp³-hybridized carbons (Fsp3) is 0.375. The quantitative estimate of drug-likeness (QED) is 0.465. The van der Waals surface area contributed by atoms with Crippen LogP contribution >= 0.6 is 0 Å². The molecule has 2 aromatic rings. The Kier molecular flexibility index (Phi) is 8.58. The van der Waals surface area contributed by atoms with E-state index in [1.165, 1.54) is 5.56 Å². The van der Waals surface area contributed by atoms with Crippen LogP contribution in [0.2, 0.25) is 0 Å². The third-order valence-electron chi connectivity index (χ3n) is 4.61. The van der Waals surface area contributed by atoms with Crippen molar-refractivity contribution in [3.63, 3.8) is 0 Å². The van der Waals surface area contributed by atoms with Gasteiger partial charge in [-0.05, 0) is 58.0 Å². The predicted molar refractivity (Wildman–Crippen MR) is 119 cm³/mol. The summed E-state index contributed by atoms with van der Waals surface area (Å²) in [4.78, 5) is 19.4. The van der Waals surface area contributed by atoms with Crippen LogP contribution in [0.15, 0.2) is 54.6 Å². The van der Waals surface area contributed by atoms with Crippen LogP contribution in [0.25, 0.3) is 6.08 Å². The van der Waals surface area contributed by atoms with Crippen LogP contribution in [-0.2, 0) is 13.1 Å². The zero-order valence-electron chi connectivity index (χ0n) is 17.9. The molecular formula is C24H33N3O. The fourth-order valence-corrected chi connectivity index (χ4v) is 3.08. The van der Waals surface area contributed by atoms with Crippen LogP contribution in [0.4, 0.5) is 0 Å². The molecule has 4 heteroatoms. The first-order valence-corrected chi connectivity index (χ1v) is 9.73. The molecule has 2 rings (SSSR count). The van der Waals surface area contributed by atoms with Crippen LogP contribution in [0.1, 0.15) is 27.0 Å². The maximum Gasteiger partial charge on any atom is 0.186 e. The van der Waals surface area contributed by atoms with Gasteiger partial charge in [0.2, 0.25) is 0 Å². The molecule has 0 radical (unpaired) electrons. The number of hydrogen-bond acceptors (Lipinski definition) is 4. The molecule has 0 atom stereocenters. The van der Waals surface area contributed by atoms with E-state index >= 15 is 0 Å². The Morgan fingerprint density at radius 3 is 2.11 bits per heavy atom. The van der Waals surface area contributed by atoms with E-state index in [1.807, 2.05) is 42.5 Å². The van der Waals surface area contributed by atoms with Gasteiger partial charge in [-0.15, -0.1) is 0 Å². The Labute approximate surface area is 170 Å².